The van der Waals surface area contributed by atoms with Crippen LogP contribution < -0.4 is 20.0 Å². The highest BCUT2D eigenvalue weighted by Gasteiger charge is 2.38. The molecule has 562 valence electrons. The van der Waals surface area contributed by atoms with Gasteiger partial charge in [0.2, 0.25) is 0 Å². The first-order valence-corrected chi connectivity index (χ1v) is 39.1. The maximum absolute atomic E-state index is 11.5. The Kier molecular flexibility index (Phi) is 32.0. The minimum atomic E-state index is -3.56. The van der Waals surface area contributed by atoms with Gasteiger partial charge in [-0.1, -0.05) is 145 Å². The van der Waals surface area contributed by atoms with E-state index in [1.54, 1.807) is 87.3 Å². The van der Waals surface area contributed by atoms with Gasteiger partial charge in [-0.2, -0.15) is 24.2 Å². The second kappa shape index (κ2) is 40.4. The molecule has 6 heterocycles. The molecule has 0 amide bonds. The van der Waals surface area contributed by atoms with Crippen LogP contribution in [0.25, 0.3) is 0 Å². The summed E-state index contributed by atoms with van der Waals surface area (Å²) in [4.78, 5) is 23.7. The molecule has 3 aliphatic rings. The highest BCUT2D eigenvalue weighted by Crippen LogP contribution is 2.41. The number of piperazine rings is 3. The molecule has 3 saturated heterocycles. The Morgan fingerprint density at radius 3 is 1.11 bits per heavy atom. The SMILES string of the molecule is CCO.CC[C@@](O)(CN1CCN(c2ccc(C#N)cc2Cl)[C@H](c2ccc(Cl)cc2)C1)c1cccnc1.CC[C@@](O)(COS(C)(=O)=O)c1cccnc1.CC[C@](O)(CN1CCN(c2ccc(C#N)cc2Cl)[C@H](c2ccc(Cl)cc2)C1)c1cccnc1.N#Cc1ccc(N2CCNC[C@H]2c2ccc(Cl)cc2)c(Cl)c1. The number of benzene rings is 6. The van der Waals surface area contributed by atoms with Crippen LogP contribution in [-0.4, -0.2) is 145 Å². The standard InChI is InChI=1S/2C26H26Cl2N4O.C17H15Cl2N3.C10H15NO4S.C2H6O/c2*1-2-26(33,21-4-3-11-30-16-21)18-31-12-13-32(24-10-5-19(15-29)14-23(24)28)25(17-31)20-6-8-22(27)9-7-20;18-14-4-2-13(3-5-14)17-11-21-7-8-22(17)16-6-1-12(10-20)9-15(16)19;1-3-10(12,8-15-16(2,13)14)9-5-4-6-11-7-9;1-2-3/h2*3-11,14,16,25,33H,2,12-13,17-18H2,1H3;1-6,9,17,21H,7-8,11H2;4-7,12H,3,8H2,1-2H3;3H,2H2,1H3/t25-,26+;25-,26-;17-;10-;/m0001./s1. The fourth-order valence-electron chi connectivity index (χ4n) is 12.9. The fraction of sp³-hybridized carbons (Fsp3) is 0.333. The molecule has 0 bridgehead atoms. The molecule has 0 aliphatic carbocycles. The fourth-order valence-corrected chi connectivity index (χ4v) is 14.6. The highest BCUT2D eigenvalue weighted by atomic mass is 35.5. The molecule has 5 N–H and O–H groups in total. The van der Waals surface area contributed by atoms with E-state index >= 15 is 0 Å². The number of nitriles is 3. The summed E-state index contributed by atoms with van der Waals surface area (Å²) in [6.07, 6.45) is 12.5. The molecule has 6 aromatic carbocycles. The van der Waals surface area contributed by atoms with Crippen molar-refractivity contribution in [1.29, 1.82) is 15.8 Å². The quantitative estimate of drug-likeness (QED) is 0.0471. The van der Waals surface area contributed by atoms with Crippen molar-refractivity contribution >= 4 is 96.8 Å². The van der Waals surface area contributed by atoms with Gasteiger partial charge in [-0.05, 0) is 152 Å². The van der Waals surface area contributed by atoms with Crippen molar-refractivity contribution in [3.63, 3.8) is 0 Å². The number of rotatable bonds is 19. The summed E-state index contributed by atoms with van der Waals surface area (Å²) in [6.45, 7) is 15.4. The summed E-state index contributed by atoms with van der Waals surface area (Å²) in [5.74, 6) is 0. The predicted molar refractivity (Wildman–Crippen MR) is 428 cm³/mol. The molecule has 9 aromatic rings. The summed E-state index contributed by atoms with van der Waals surface area (Å²) in [5.41, 5.74) is 6.74. The number of β-amino-alcohol motifs (C(OH)–C–C–N with tert-alkyl or cyclic N) is 2. The number of nitrogens with one attached hydrogen (secondary N) is 1. The number of pyridine rings is 3. The van der Waals surface area contributed by atoms with Crippen LogP contribution >= 0.6 is 69.6 Å². The van der Waals surface area contributed by atoms with E-state index in [2.05, 4.69) is 67.2 Å². The van der Waals surface area contributed by atoms with Gasteiger partial charge in [0.25, 0.3) is 10.1 Å². The normalized spacial score (nSPS) is 17.6. The largest absolute Gasteiger partial charge is 0.397 e. The van der Waals surface area contributed by atoms with Crippen molar-refractivity contribution in [2.75, 3.05) is 106 Å². The van der Waals surface area contributed by atoms with Crippen molar-refractivity contribution in [2.24, 2.45) is 0 Å². The number of aliphatic hydroxyl groups is 4. The minimum Gasteiger partial charge on any atom is -0.397 e. The van der Waals surface area contributed by atoms with Crippen molar-refractivity contribution in [2.45, 2.75) is 81.9 Å². The summed E-state index contributed by atoms with van der Waals surface area (Å²) in [6, 6.07) is 57.5. The smallest absolute Gasteiger partial charge is 0.264 e. The van der Waals surface area contributed by atoms with Gasteiger partial charge in [-0.3, -0.25) is 28.9 Å². The van der Waals surface area contributed by atoms with Gasteiger partial charge in [0.1, 0.15) is 16.8 Å². The second-order valence-electron chi connectivity index (χ2n) is 26.0. The van der Waals surface area contributed by atoms with Crippen molar-refractivity contribution in [3.05, 3.63) is 281 Å². The van der Waals surface area contributed by atoms with E-state index in [0.29, 0.717) is 92.8 Å². The molecule has 26 heteroatoms. The van der Waals surface area contributed by atoms with Crippen LogP contribution in [0.15, 0.2) is 201 Å². The van der Waals surface area contributed by atoms with Crippen LogP contribution in [0.5, 0.6) is 0 Å². The van der Waals surface area contributed by atoms with Crippen molar-refractivity contribution < 1.29 is 33.0 Å². The van der Waals surface area contributed by atoms with Gasteiger partial charge in [0, 0.05) is 148 Å². The Morgan fingerprint density at radius 2 is 0.813 bits per heavy atom. The Bertz CT molecular complexity index is 4370. The maximum Gasteiger partial charge on any atom is 0.264 e. The van der Waals surface area contributed by atoms with Gasteiger partial charge >= 0.3 is 0 Å². The number of halogens is 6. The van der Waals surface area contributed by atoms with E-state index in [0.717, 1.165) is 96.4 Å². The molecule has 0 unspecified atom stereocenters. The molecule has 0 radical (unpaired) electrons. The van der Waals surface area contributed by atoms with Crippen LogP contribution in [0.2, 0.25) is 30.1 Å². The molecule has 3 fully saturated rings. The minimum absolute atomic E-state index is 0.0106. The number of anilines is 3. The zero-order valence-corrected chi connectivity index (χ0v) is 65.6. The maximum atomic E-state index is 11.5. The molecular formula is C81H88Cl6N12O7S. The van der Waals surface area contributed by atoms with Crippen LogP contribution in [0.1, 0.15) is 115 Å². The van der Waals surface area contributed by atoms with Gasteiger partial charge in [0.15, 0.2) is 0 Å². The first-order chi connectivity index (χ1) is 51.3. The van der Waals surface area contributed by atoms with Gasteiger partial charge in [-0.25, -0.2) is 0 Å². The van der Waals surface area contributed by atoms with Gasteiger partial charge < -0.3 is 40.4 Å². The van der Waals surface area contributed by atoms with E-state index in [4.69, 9.17) is 80.0 Å². The molecule has 0 saturated carbocycles. The van der Waals surface area contributed by atoms with Crippen molar-refractivity contribution in [1.82, 2.24) is 30.1 Å². The number of nitrogens with zero attached hydrogens (tertiary/aromatic N) is 11. The molecule has 3 aliphatic heterocycles. The third kappa shape index (κ3) is 23.5. The first-order valence-electron chi connectivity index (χ1n) is 35.0. The molecular weight excluding hydrogens is 1500 g/mol. The lowest BCUT2D eigenvalue weighted by Gasteiger charge is -2.45. The van der Waals surface area contributed by atoms with Crippen LogP contribution in [-0.2, 0) is 31.1 Å². The summed E-state index contributed by atoms with van der Waals surface area (Å²) in [5, 5.41) is 75.4. The molecule has 0 spiro atoms. The number of aromatic nitrogens is 3. The van der Waals surface area contributed by atoms with E-state index in [1.165, 1.54) is 11.8 Å². The van der Waals surface area contributed by atoms with Crippen molar-refractivity contribution in [3.8, 4) is 18.2 Å². The number of aliphatic hydroxyl groups excluding tert-OH is 1. The second-order valence-corrected chi connectivity index (χ2v) is 30.1. The third-order valence-electron chi connectivity index (χ3n) is 18.9. The summed E-state index contributed by atoms with van der Waals surface area (Å²) >= 11 is 37.8. The average Bonchev–Trinajstić information content (AvgIpc) is 0.798. The highest BCUT2D eigenvalue weighted by molar-refractivity contribution is 7.86. The lowest BCUT2D eigenvalue weighted by Crippen LogP contribution is -2.52. The lowest BCUT2D eigenvalue weighted by atomic mass is 9.90. The summed E-state index contributed by atoms with van der Waals surface area (Å²) < 4.78 is 26.4. The van der Waals surface area contributed by atoms with E-state index in [1.807, 2.05) is 135 Å². The Labute approximate surface area is 658 Å². The zero-order valence-electron chi connectivity index (χ0n) is 60.2. The van der Waals surface area contributed by atoms with Gasteiger partial charge in [-0.15, -0.1) is 0 Å². The first kappa shape index (κ1) is 84.6. The Balaban J connectivity index is 0.000000184. The topological polar surface area (TPSA) is 263 Å². The lowest BCUT2D eigenvalue weighted by molar-refractivity contribution is -0.0110. The van der Waals surface area contributed by atoms with Crippen LogP contribution in [0.3, 0.4) is 0 Å². The monoisotopic (exact) mass is 1580 g/mol. The molecule has 19 nitrogen and oxygen atoms in total. The van der Waals surface area contributed by atoms with Crippen LogP contribution in [0, 0.1) is 34.0 Å². The van der Waals surface area contributed by atoms with E-state index in [9.17, 15) is 34.3 Å². The molecule has 6 atom stereocenters. The Hall–Kier alpha value is -7.99. The number of hydrogen-bond acceptors (Lipinski definition) is 19. The number of hydrogen-bond donors (Lipinski definition) is 5. The molecule has 107 heavy (non-hydrogen) atoms. The summed E-state index contributed by atoms with van der Waals surface area (Å²) in [7, 11) is -3.56. The average molecular weight is 1590 g/mol. The van der Waals surface area contributed by atoms with E-state index in [-0.39, 0.29) is 31.3 Å². The van der Waals surface area contributed by atoms with Crippen LogP contribution in [0.4, 0.5) is 17.1 Å². The Morgan fingerprint density at radius 1 is 0.486 bits per heavy atom. The molecule has 12 rings (SSSR count). The predicted octanol–water partition coefficient (Wildman–Crippen LogP) is 15.5. The zero-order chi connectivity index (χ0) is 77.3. The molecule has 3 aromatic heterocycles. The van der Waals surface area contributed by atoms with Gasteiger partial charge in [0.05, 0.1) is 98.0 Å². The van der Waals surface area contributed by atoms with E-state index < -0.39 is 26.9 Å². The third-order valence-corrected chi connectivity index (χ3v) is 21.1.